The number of nitrogens with zero attached hydrogens (tertiary/aromatic N) is 1. The molecule has 8 heteroatoms. The van der Waals surface area contributed by atoms with Gasteiger partial charge in [-0.15, -0.1) is 0 Å². The van der Waals surface area contributed by atoms with Crippen molar-refractivity contribution >= 4 is 17.7 Å². The molecule has 0 fully saturated rings. The number of carbonyl (C=O) groups is 3. The van der Waals surface area contributed by atoms with Gasteiger partial charge in [-0.1, -0.05) is 86.6 Å². The zero-order chi connectivity index (χ0) is 28.9. The molecule has 8 nitrogen and oxygen atoms in total. The van der Waals surface area contributed by atoms with Crippen LogP contribution in [0.4, 0.5) is 0 Å². The number of rotatable bonds is 14. The lowest BCUT2D eigenvalue weighted by molar-refractivity contribution is -0.147. The Morgan fingerprint density at radius 2 is 1.45 bits per heavy atom. The van der Waals surface area contributed by atoms with E-state index in [2.05, 4.69) is 5.32 Å². The molecule has 3 aromatic rings. The number of nitrogens with one attached hydrogen (secondary N) is 1. The van der Waals surface area contributed by atoms with Crippen molar-refractivity contribution in [3.05, 3.63) is 102 Å². The minimum atomic E-state index is -0.890. The SMILES string of the molecule is CC(C)CC(NC(=O)C(N)Cc1ccccc1)C(=O)N(CCc1ccc(OCc2ccccc2)cc1)C(=O)CN. The molecule has 0 heterocycles. The van der Waals surface area contributed by atoms with Gasteiger partial charge in [0.25, 0.3) is 5.91 Å². The van der Waals surface area contributed by atoms with Gasteiger partial charge in [0.15, 0.2) is 0 Å². The van der Waals surface area contributed by atoms with Crippen LogP contribution in [0.1, 0.15) is 37.0 Å². The fraction of sp³-hybridized carbons (Fsp3) is 0.344. The Morgan fingerprint density at radius 1 is 0.850 bits per heavy atom. The molecule has 0 aliphatic carbocycles. The second kappa shape index (κ2) is 15.5. The van der Waals surface area contributed by atoms with Crippen LogP contribution in [0.5, 0.6) is 5.75 Å². The minimum Gasteiger partial charge on any atom is -0.489 e. The van der Waals surface area contributed by atoms with Gasteiger partial charge in [-0.05, 0) is 54.0 Å². The number of hydrogen-bond acceptors (Lipinski definition) is 6. The largest absolute Gasteiger partial charge is 0.489 e. The van der Waals surface area contributed by atoms with E-state index in [1.807, 2.05) is 98.8 Å². The quantitative estimate of drug-likeness (QED) is 0.286. The second-order valence-corrected chi connectivity index (χ2v) is 10.2. The number of carbonyl (C=O) groups excluding carboxylic acids is 3. The highest BCUT2D eigenvalue weighted by atomic mass is 16.5. The van der Waals surface area contributed by atoms with Crippen LogP contribution in [0.2, 0.25) is 0 Å². The molecule has 0 saturated heterocycles. The summed E-state index contributed by atoms with van der Waals surface area (Å²) in [5.41, 5.74) is 14.7. The summed E-state index contributed by atoms with van der Waals surface area (Å²) in [6.45, 7) is 4.19. The van der Waals surface area contributed by atoms with E-state index in [0.29, 0.717) is 25.9 Å². The number of benzene rings is 3. The lowest BCUT2D eigenvalue weighted by Gasteiger charge is -2.28. The van der Waals surface area contributed by atoms with Gasteiger partial charge in [0, 0.05) is 6.54 Å². The summed E-state index contributed by atoms with van der Waals surface area (Å²) in [6.07, 6.45) is 1.14. The van der Waals surface area contributed by atoms with Crippen molar-refractivity contribution in [3.63, 3.8) is 0 Å². The summed E-state index contributed by atoms with van der Waals surface area (Å²) in [6, 6.07) is 25.2. The summed E-state index contributed by atoms with van der Waals surface area (Å²) < 4.78 is 5.84. The first-order chi connectivity index (χ1) is 19.3. The monoisotopic (exact) mass is 544 g/mol. The molecule has 3 rings (SSSR count). The van der Waals surface area contributed by atoms with Crippen molar-refractivity contribution in [1.82, 2.24) is 10.2 Å². The molecule has 212 valence electrons. The van der Waals surface area contributed by atoms with Gasteiger partial charge >= 0.3 is 0 Å². The summed E-state index contributed by atoms with van der Waals surface area (Å²) >= 11 is 0. The van der Waals surface area contributed by atoms with E-state index in [9.17, 15) is 14.4 Å². The molecule has 40 heavy (non-hydrogen) atoms. The first-order valence-corrected chi connectivity index (χ1v) is 13.7. The Balaban J connectivity index is 1.63. The Bertz CT molecular complexity index is 1220. The third-order valence-electron chi connectivity index (χ3n) is 6.49. The fourth-order valence-corrected chi connectivity index (χ4v) is 4.32. The predicted molar refractivity (Wildman–Crippen MR) is 156 cm³/mol. The van der Waals surface area contributed by atoms with Gasteiger partial charge in [0.1, 0.15) is 18.4 Å². The molecule has 0 radical (unpaired) electrons. The van der Waals surface area contributed by atoms with Crippen LogP contribution in [0, 0.1) is 5.92 Å². The molecule has 3 amide bonds. The summed E-state index contributed by atoms with van der Waals surface area (Å²) in [7, 11) is 0. The zero-order valence-electron chi connectivity index (χ0n) is 23.3. The van der Waals surface area contributed by atoms with Crippen LogP contribution in [-0.2, 0) is 33.8 Å². The molecule has 0 aliphatic rings. The Hall–Kier alpha value is -4.01. The van der Waals surface area contributed by atoms with Gasteiger partial charge < -0.3 is 21.5 Å². The summed E-state index contributed by atoms with van der Waals surface area (Å²) in [5, 5.41) is 2.80. The predicted octanol–water partition coefficient (Wildman–Crippen LogP) is 3.22. The Labute approximate surface area is 236 Å². The maximum atomic E-state index is 13.6. The van der Waals surface area contributed by atoms with Crippen molar-refractivity contribution < 1.29 is 19.1 Å². The first-order valence-electron chi connectivity index (χ1n) is 13.7. The third-order valence-corrected chi connectivity index (χ3v) is 6.49. The highest BCUT2D eigenvalue weighted by Gasteiger charge is 2.31. The maximum Gasteiger partial charge on any atom is 0.251 e. The van der Waals surface area contributed by atoms with Crippen molar-refractivity contribution in [1.29, 1.82) is 0 Å². The van der Waals surface area contributed by atoms with Gasteiger partial charge in [0.2, 0.25) is 11.8 Å². The van der Waals surface area contributed by atoms with E-state index in [4.69, 9.17) is 16.2 Å². The average Bonchev–Trinajstić information content (AvgIpc) is 2.96. The van der Waals surface area contributed by atoms with Gasteiger partial charge in [0.05, 0.1) is 12.6 Å². The Kier molecular flexibility index (Phi) is 11.9. The molecular weight excluding hydrogens is 504 g/mol. The van der Waals surface area contributed by atoms with Crippen LogP contribution < -0.4 is 21.5 Å². The molecule has 0 spiro atoms. The molecule has 3 aromatic carbocycles. The van der Waals surface area contributed by atoms with Crippen LogP contribution >= 0.6 is 0 Å². The summed E-state index contributed by atoms with van der Waals surface area (Å²) in [5.74, 6) is -0.589. The standard InChI is InChI=1S/C32H40N4O4/c1-23(2)19-29(35-31(38)28(34)20-25-9-5-3-6-10-25)32(39)36(30(37)21-33)18-17-24-13-15-27(16-14-24)40-22-26-11-7-4-8-12-26/h3-16,23,28-29H,17-22,33-34H2,1-2H3,(H,35,38). The van der Waals surface area contributed by atoms with Crippen LogP contribution in [0.15, 0.2) is 84.9 Å². The van der Waals surface area contributed by atoms with Crippen molar-refractivity contribution in [2.75, 3.05) is 13.1 Å². The highest BCUT2D eigenvalue weighted by molar-refractivity contribution is 6.00. The lowest BCUT2D eigenvalue weighted by atomic mass is 10.0. The zero-order valence-corrected chi connectivity index (χ0v) is 23.3. The highest BCUT2D eigenvalue weighted by Crippen LogP contribution is 2.16. The molecule has 0 aliphatic heterocycles. The van der Waals surface area contributed by atoms with E-state index >= 15 is 0 Å². The number of amides is 3. The van der Waals surface area contributed by atoms with Crippen LogP contribution in [0.25, 0.3) is 0 Å². The minimum absolute atomic E-state index is 0.0952. The molecule has 5 N–H and O–H groups in total. The van der Waals surface area contributed by atoms with E-state index < -0.39 is 29.8 Å². The Morgan fingerprint density at radius 3 is 2.02 bits per heavy atom. The molecule has 2 unspecified atom stereocenters. The molecule has 2 atom stereocenters. The topological polar surface area (TPSA) is 128 Å². The van der Waals surface area contributed by atoms with Gasteiger partial charge in [-0.25, -0.2) is 0 Å². The molecule has 0 saturated carbocycles. The van der Waals surface area contributed by atoms with Gasteiger partial charge in [-0.2, -0.15) is 0 Å². The van der Waals surface area contributed by atoms with E-state index in [1.54, 1.807) is 0 Å². The lowest BCUT2D eigenvalue weighted by Crippen LogP contribution is -2.55. The number of hydrogen-bond donors (Lipinski definition) is 3. The van der Waals surface area contributed by atoms with Crippen molar-refractivity contribution in [2.24, 2.45) is 17.4 Å². The number of imide groups is 1. The number of ether oxygens (including phenoxy) is 1. The number of nitrogens with two attached hydrogens (primary N) is 2. The van der Waals surface area contributed by atoms with E-state index in [-0.39, 0.29) is 19.0 Å². The molecule has 0 aromatic heterocycles. The second-order valence-electron chi connectivity index (χ2n) is 10.2. The average molecular weight is 545 g/mol. The maximum absolute atomic E-state index is 13.6. The van der Waals surface area contributed by atoms with Crippen LogP contribution in [-0.4, -0.2) is 47.8 Å². The van der Waals surface area contributed by atoms with Crippen molar-refractivity contribution in [3.8, 4) is 5.75 Å². The fourth-order valence-electron chi connectivity index (χ4n) is 4.32. The van der Waals surface area contributed by atoms with E-state index in [0.717, 1.165) is 27.3 Å². The first kappa shape index (κ1) is 30.5. The molecular formula is C32H40N4O4. The van der Waals surface area contributed by atoms with Gasteiger partial charge in [-0.3, -0.25) is 19.3 Å². The van der Waals surface area contributed by atoms with Crippen molar-refractivity contribution in [2.45, 2.75) is 51.8 Å². The van der Waals surface area contributed by atoms with Crippen LogP contribution in [0.3, 0.4) is 0 Å². The smallest absolute Gasteiger partial charge is 0.251 e. The summed E-state index contributed by atoms with van der Waals surface area (Å²) in [4.78, 5) is 40.4. The molecule has 0 bridgehead atoms. The third kappa shape index (κ3) is 9.63. The normalized spacial score (nSPS) is 12.4. The van der Waals surface area contributed by atoms with E-state index in [1.165, 1.54) is 0 Å².